The van der Waals surface area contributed by atoms with Crippen molar-refractivity contribution >= 4 is 76.0 Å². The third kappa shape index (κ3) is 2.81. The van der Waals surface area contributed by atoms with Gasteiger partial charge >= 0.3 is 0 Å². The van der Waals surface area contributed by atoms with Crippen LogP contribution in [0.4, 0.5) is 0 Å². The van der Waals surface area contributed by atoms with Crippen LogP contribution in [0.2, 0.25) is 0 Å². The average molecular weight is 526 g/mol. The molecule has 0 saturated carbocycles. The molecule has 0 unspecified atom stereocenters. The lowest BCUT2D eigenvalue weighted by molar-refractivity contribution is 0.650. The number of hydrogen-bond donors (Lipinski definition) is 0. The van der Waals surface area contributed by atoms with E-state index >= 15 is 0 Å². The van der Waals surface area contributed by atoms with Gasteiger partial charge in [0.05, 0.1) is 50.8 Å². The number of pyridine rings is 2. The zero-order chi connectivity index (χ0) is 25.5. The van der Waals surface area contributed by atoms with Gasteiger partial charge < -0.3 is 4.42 Å². The Balaban J connectivity index is 1.33. The van der Waals surface area contributed by atoms with Gasteiger partial charge in [-0.15, -0.1) is 11.3 Å². The summed E-state index contributed by atoms with van der Waals surface area (Å²) in [7, 11) is 0. The summed E-state index contributed by atoms with van der Waals surface area (Å²) in [6.07, 6.45) is 15.1. The summed E-state index contributed by atoms with van der Waals surface area (Å²) in [5.41, 5.74) is 6.13. The Morgan fingerprint density at radius 1 is 0.744 bits per heavy atom. The molecule has 0 aliphatic heterocycles. The molecule has 0 N–H and O–H groups in total. The molecule has 0 atom stereocenters. The van der Waals surface area contributed by atoms with E-state index in [0.717, 1.165) is 48.2 Å². The zero-order valence-corrected chi connectivity index (χ0v) is 20.4. The highest BCUT2D eigenvalue weighted by molar-refractivity contribution is 7.25. The molecule has 0 aliphatic carbocycles. The zero-order valence-electron chi connectivity index (χ0n) is 19.6. The Hall–Kier alpha value is -5.56. The van der Waals surface area contributed by atoms with Gasteiger partial charge in [0.25, 0.3) is 0 Å². The Labute approximate surface area is 220 Å². The number of hydrogen-bond acceptors (Lipinski definition) is 12. The molecule has 13 heteroatoms. The van der Waals surface area contributed by atoms with Crippen molar-refractivity contribution in [1.29, 1.82) is 0 Å². The van der Waals surface area contributed by atoms with Crippen molar-refractivity contribution in [2.75, 3.05) is 0 Å². The minimum absolute atomic E-state index is 0.423. The molecule has 39 heavy (non-hydrogen) atoms. The first-order chi connectivity index (χ1) is 19.3. The lowest BCUT2D eigenvalue weighted by atomic mass is 10.2. The fourth-order valence-corrected chi connectivity index (χ4v) is 5.96. The molecule has 0 fully saturated rings. The van der Waals surface area contributed by atoms with Crippen molar-refractivity contribution in [2.45, 2.75) is 0 Å². The van der Waals surface area contributed by atoms with E-state index in [4.69, 9.17) is 19.4 Å². The van der Waals surface area contributed by atoms with E-state index in [0.29, 0.717) is 33.7 Å². The second-order valence-electron chi connectivity index (χ2n) is 8.76. The maximum Gasteiger partial charge on any atom is 0.232 e. The van der Waals surface area contributed by atoms with Crippen LogP contribution < -0.4 is 0 Å². The van der Waals surface area contributed by atoms with E-state index in [2.05, 4.69) is 39.5 Å². The van der Waals surface area contributed by atoms with Crippen molar-refractivity contribution < 1.29 is 4.42 Å². The monoisotopic (exact) mass is 525 g/mol. The van der Waals surface area contributed by atoms with Crippen LogP contribution in [0, 0.1) is 0 Å². The van der Waals surface area contributed by atoms with Crippen LogP contribution in [0.3, 0.4) is 0 Å². The Morgan fingerprint density at radius 3 is 2.64 bits per heavy atom. The summed E-state index contributed by atoms with van der Waals surface area (Å²) in [5, 5.41) is 2.47. The van der Waals surface area contributed by atoms with Gasteiger partial charge in [0, 0.05) is 30.2 Å². The van der Waals surface area contributed by atoms with Gasteiger partial charge in [-0.2, -0.15) is 0 Å². The number of rotatable bonds is 2. The summed E-state index contributed by atoms with van der Waals surface area (Å²) < 4.78 is 8.75. The van der Waals surface area contributed by atoms with E-state index in [-0.39, 0.29) is 0 Å². The number of aromatic nitrogens is 11. The summed E-state index contributed by atoms with van der Waals surface area (Å²) in [6, 6.07) is 3.91. The molecule has 0 bridgehead atoms. The number of nitrogens with zero attached hydrogens (tertiary/aromatic N) is 11. The SMILES string of the molecule is c1cnc2c3cncnc3n(-c3cncc4sc5ncc(-c6ncc7oc8ncncc8c7n6)nc5c34)c2c1. The van der Waals surface area contributed by atoms with Crippen LogP contribution in [0.1, 0.15) is 0 Å². The highest BCUT2D eigenvalue weighted by Gasteiger charge is 2.21. The molecule has 9 aromatic rings. The van der Waals surface area contributed by atoms with Crippen LogP contribution in [-0.4, -0.2) is 54.4 Å². The van der Waals surface area contributed by atoms with E-state index in [9.17, 15) is 0 Å². The predicted molar refractivity (Wildman–Crippen MR) is 144 cm³/mol. The van der Waals surface area contributed by atoms with Crippen LogP contribution in [-0.2, 0) is 0 Å². The van der Waals surface area contributed by atoms with Gasteiger partial charge in [-0.25, -0.2) is 39.9 Å². The molecule has 0 amide bonds. The van der Waals surface area contributed by atoms with Crippen molar-refractivity contribution in [3.05, 3.63) is 68.2 Å². The molecule has 0 aliphatic rings. The highest BCUT2D eigenvalue weighted by Crippen LogP contribution is 2.38. The summed E-state index contributed by atoms with van der Waals surface area (Å²) in [5.74, 6) is 0.423. The largest absolute Gasteiger partial charge is 0.434 e. The molecule has 9 heterocycles. The summed E-state index contributed by atoms with van der Waals surface area (Å²) >= 11 is 1.52. The molecule has 9 aromatic heterocycles. The summed E-state index contributed by atoms with van der Waals surface area (Å²) in [4.78, 5) is 46.0. The highest BCUT2D eigenvalue weighted by atomic mass is 32.1. The number of furan rings is 1. The third-order valence-corrected chi connectivity index (χ3v) is 7.64. The van der Waals surface area contributed by atoms with E-state index in [1.54, 1.807) is 31.0 Å². The minimum atomic E-state index is 0.423. The topological polar surface area (TPSA) is 147 Å². The first-order valence-corrected chi connectivity index (χ1v) is 12.6. The van der Waals surface area contributed by atoms with Crippen molar-refractivity contribution in [3.8, 4) is 17.2 Å². The Kier molecular flexibility index (Phi) is 3.93. The van der Waals surface area contributed by atoms with Gasteiger partial charge in [-0.05, 0) is 12.1 Å². The molecular formula is C26H11N11OS. The molecule has 0 spiro atoms. The lowest BCUT2D eigenvalue weighted by Gasteiger charge is -2.08. The molecule has 182 valence electrons. The standard InChI is InChI=1S/C26H11N11OS/c1-2-15-20(30-3-1)12-4-28-10-33-24(12)37(15)16-7-27-9-18-19(16)22-26(39-18)32-6-14(35-22)23-31-8-17-21(36-23)13-5-29-11-34-25(13)38-17/h1-11H. The molecule has 0 saturated heterocycles. The first kappa shape index (κ1) is 20.5. The second-order valence-corrected chi connectivity index (χ2v) is 9.79. The van der Waals surface area contributed by atoms with Gasteiger partial charge in [-0.3, -0.25) is 14.5 Å². The normalized spacial score (nSPS) is 12.1. The molecule has 9 rings (SSSR count). The number of thiophene rings is 1. The van der Waals surface area contributed by atoms with Gasteiger partial charge in [0.1, 0.15) is 34.2 Å². The fourth-order valence-electron chi connectivity index (χ4n) is 4.98. The quantitative estimate of drug-likeness (QED) is 0.310. The second kappa shape index (κ2) is 7.49. The fraction of sp³-hybridized carbons (Fsp3) is 0. The maximum absolute atomic E-state index is 5.75. The van der Waals surface area contributed by atoms with E-state index in [1.165, 1.54) is 24.0 Å². The van der Waals surface area contributed by atoms with Gasteiger partial charge in [0.15, 0.2) is 17.1 Å². The van der Waals surface area contributed by atoms with Gasteiger partial charge in [-0.1, -0.05) is 0 Å². The van der Waals surface area contributed by atoms with Crippen LogP contribution in [0.25, 0.3) is 81.9 Å². The number of fused-ring (bicyclic) bond motifs is 9. The van der Waals surface area contributed by atoms with Crippen LogP contribution in [0.15, 0.2) is 72.6 Å². The Bertz CT molecular complexity index is 2370. The van der Waals surface area contributed by atoms with Crippen LogP contribution >= 0.6 is 11.3 Å². The van der Waals surface area contributed by atoms with Gasteiger partial charge in [0.2, 0.25) is 5.71 Å². The molecule has 0 aromatic carbocycles. The van der Waals surface area contributed by atoms with Crippen molar-refractivity contribution in [3.63, 3.8) is 0 Å². The van der Waals surface area contributed by atoms with Crippen LogP contribution in [0.5, 0.6) is 0 Å². The predicted octanol–water partition coefficient (Wildman–Crippen LogP) is 4.67. The van der Waals surface area contributed by atoms with Crippen molar-refractivity contribution in [1.82, 2.24) is 54.4 Å². The molecule has 12 nitrogen and oxygen atoms in total. The lowest BCUT2D eigenvalue weighted by Crippen LogP contribution is -1.98. The molecule has 0 radical (unpaired) electrons. The molecular weight excluding hydrogens is 514 g/mol. The maximum atomic E-state index is 5.75. The smallest absolute Gasteiger partial charge is 0.232 e. The minimum Gasteiger partial charge on any atom is -0.434 e. The Morgan fingerprint density at radius 2 is 1.67 bits per heavy atom. The first-order valence-electron chi connectivity index (χ1n) is 11.8. The van der Waals surface area contributed by atoms with E-state index < -0.39 is 0 Å². The average Bonchev–Trinajstić information content (AvgIpc) is 3.66. The third-order valence-electron chi connectivity index (χ3n) is 6.62. The van der Waals surface area contributed by atoms with E-state index in [1.807, 2.05) is 24.5 Å². The summed E-state index contributed by atoms with van der Waals surface area (Å²) in [6.45, 7) is 0. The van der Waals surface area contributed by atoms with Crippen molar-refractivity contribution in [2.24, 2.45) is 0 Å².